The van der Waals surface area contributed by atoms with Gasteiger partial charge in [0, 0.05) is 0 Å². The second kappa shape index (κ2) is 5.86. The van der Waals surface area contributed by atoms with E-state index in [4.69, 9.17) is 0 Å². The van der Waals surface area contributed by atoms with Crippen molar-refractivity contribution in [1.82, 2.24) is 10.3 Å². The fourth-order valence-corrected chi connectivity index (χ4v) is 3.15. The molecule has 1 amide bonds. The summed E-state index contributed by atoms with van der Waals surface area (Å²) < 4.78 is 1.12. The Kier molecular flexibility index (Phi) is 4.39. The zero-order valence-electron chi connectivity index (χ0n) is 10.6. The van der Waals surface area contributed by atoms with Crippen molar-refractivity contribution in [1.29, 1.82) is 0 Å². The van der Waals surface area contributed by atoms with Crippen molar-refractivity contribution in [2.24, 2.45) is 0 Å². The number of aryl methyl sites for hydroxylation is 1. The summed E-state index contributed by atoms with van der Waals surface area (Å²) in [7, 11) is 0. The molecule has 1 aliphatic heterocycles. The third-order valence-electron chi connectivity index (χ3n) is 3.15. The van der Waals surface area contributed by atoms with E-state index >= 15 is 0 Å². The summed E-state index contributed by atoms with van der Waals surface area (Å²) in [5.41, 5.74) is 2.15. The number of halogens is 1. The average Bonchev–Trinajstić information content (AvgIpc) is 2.95. The number of rotatable bonds is 2. The highest BCUT2D eigenvalue weighted by molar-refractivity contribution is 7.22. The molecule has 1 aromatic carbocycles. The highest BCUT2D eigenvalue weighted by Crippen LogP contribution is 2.26. The Bertz CT molecular complexity index is 593. The molecule has 0 spiro atoms. The predicted molar refractivity (Wildman–Crippen MR) is 81.3 cm³/mol. The van der Waals surface area contributed by atoms with Gasteiger partial charge < -0.3 is 10.6 Å². The zero-order chi connectivity index (χ0) is 12.5. The summed E-state index contributed by atoms with van der Waals surface area (Å²) in [6, 6.07) is 6.06. The Hall–Kier alpha value is -1.17. The molecule has 0 bridgehead atoms. The molecular formula is C13H16ClN3OS. The van der Waals surface area contributed by atoms with E-state index in [1.807, 2.05) is 12.1 Å². The topological polar surface area (TPSA) is 54.0 Å². The Morgan fingerprint density at radius 2 is 2.37 bits per heavy atom. The molecule has 6 heteroatoms. The molecule has 1 saturated heterocycles. The van der Waals surface area contributed by atoms with Crippen molar-refractivity contribution < 1.29 is 4.79 Å². The summed E-state index contributed by atoms with van der Waals surface area (Å²) in [6.45, 7) is 2.98. The van der Waals surface area contributed by atoms with E-state index in [-0.39, 0.29) is 24.4 Å². The maximum absolute atomic E-state index is 12.0. The van der Waals surface area contributed by atoms with Gasteiger partial charge in [-0.25, -0.2) is 4.98 Å². The number of hydrogen-bond donors (Lipinski definition) is 2. The Balaban J connectivity index is 0.00000133. The van der Waals surface area contributed by atoms with Crippen molar-refractivity contribution >= 4 is 45.0 Å². The van der Waals surface area contributed by atoms with E-state index in [1.54, 1.807) is 0 Å². The van der Waals surface area contributed by atoms with Crippen LogP contribution in [0.5, 0.6) is 0 Å². The van der Waals surface area contributed by atoms with E-state index in [2.05, 4.69) is 28.6 Å². The average molecular weight is 298 g/mol. The summed E-state index contributed by atoms with van der Waals surface area (Å²) >= 11 is 1.53. The lowest BCUT2D eigenvalue weighted by Crippen LogP contribution is -2.35. The van der Waals surface area contributed by atoms with Gasteiger partial charge in [-0.3, -0.25) is 4.79 Å². The van der Waals surface area contributed by atoms with Gasteiger partial charge in [-0.05, 0) is 44.0 Å². The van der Waals surface area contributed by atoms with Crippen LogP contribution < -0.4 is 10.6 Å². The molecule has 0 saturated carbocycles. The summed E-state index contributed by atoms with van der Waals surface area (Å²) in [6.07, 6.45) is 1.98. The monoisotopic (exact) mass is 297 g/mol. The van der Waals surface area contributed by atoms with Crippen LogP contribution in [0.3, 0.4) is 0 Å². The lowest BCUT2D eigenvalue weighted by molar-refractivity contribution is -0.117. The first-order valence-electron chi connectivity index (χ1n) is 6.14. The summed E-state index contributed by atoms with van der Waals surface area (Å²) in [5.74, 6) is 0.0308. The van der Waals surface area contributed by atoms with Crippen LogP contribution in [0.15, 0.2) is 18.2 Å². The lowest BCUT2D eigenvalue weighted by Gasteiger charge is -2.08. The SMILES string of the molecule is Cc1ccc2nc(NC(=O)[C@@H]3CCCN3)sc2c1.Cl. The number of nitrogens with zero attached hydrogens (tertiary/aromatic N) is 1. The van der Waals surface area contributed by atoms with Crippen LogP contribution in [0, 0.1) is 6.92 Å². The minimum atomic E-state index is -0.0567. The fourth-order valence-electron chi connectivity index (χ4n) is 2.19. The highest BCUT2D eigenvalue weighted by Gasteiger charge is 2.22. The van der Waals surface area contributed by atoms with Crippen LogP contribution in [0.25, 0.3) is 10.2 Å². The number of thiazole rings is 1. The highest BCUT2D eigenvalue weighted by atomic mass is 35.5. The Labute approximate surface area is 122 Å². The molecule has 1 atom stereocenters. The standard InChI is InChI=1S/C13H15N3OS.ClH/c1-8-4-5-9-11(7-8)18-13(15-9)16-12(17)10-3-2-6-14-10;/h4-5,7,10,14H,2-3,6H2,1H3,(H,15,16,17);1H/t10-;/m0./s1. The van der Waals surface area contributed by atoms with Crippen molar-refractivity contribution in [3.8, 4) is 0 Å². The smallest absolute Gasteiger partial charge is 0.243 e. The van der Waals surface area contributed by atoms with Gasteiger partial charge in [0.25, 0.3) is 0 Å². The number of carbonyl (C=O) groups is 1. The van der Waals surface area contributed by atoms with Crippen LogP contribution in [0.1, 0.15) is 18.4 Å². The number of carbonyl (C=O) groups excluding carboxylic acids is 1. The minimum absolute atomic E-state index is 0. The van der Waals surface area contributed by atoms with E-state index in [0.29, 0.717) is 5.13 Å². The molecule has 0 unspecified atom stereocenters. The number of anilines is 1. The van der Waals surface area contributed by atoms with Gasteiger partial charge in [0.1, 0.15) is 0 Å². The van der Waals surface area contributed by atoms with Crippen LogP contribution in [0.4, 0.5) is 5.13 Å². The number of hydrogen-bond acceptors (Lipinski definition) is 4. The van der Waals surface area contributed by atoms with Gasteiger partial charge in [-0.2, -0.15) is 0 Å². The van der Waals surface area contributed by atoms with Crippen molar-refractivity contribution in [3.05, 3.63) is 23.8 Å². The molecule has 1 fully saturated rings. The van der Waals surface area contributed by atoms with Crippen LogP contribution in [-0.4, -0.2) is 23.5 Å². The second-order valence-corrected chi connectivity index (χ2v) is 5.66. The molecular weight excluding hydrogens is 282 g/mol. The molecule has 102 valence electrons. The largest absolute Gasteiger partial charge is 0.306 e. The number of benzene rings is 1. The molecule has 2 aromatic rings. The van der Waals surface area contributed by atoms with Crippen LogP contribution in [-0.2, 0) is 4.79 Å². The molecule has 1 aliphatic rings. The fraction of sp³-hybridized carbons (Fsp3) is 0.385. The molecule has 3 rings (SSSR count). The summed E-state index contributed by atoms with van der Waals surface area (Å²) in [5, 5.41) is 6.77. The molecule has 0 radical (unpaired) electrons. The predicted octanol–water partition coefficient (Wildman–Crippen LogP) is 2.72. The van der Waals surface area contributed by atoms with Crippen molar-refractivity contribution in [2.45, 2.75) is 25.8 Å². The first kappa shape index (κ1) is 14.2. The maximum atomic E-state index is 12.0. The van der Waals surface area contributed by atoms with E-state index < -0.39 is 0 Å². The van der Waals surface area contributed by atoms with Gasteiger partial charge in [-0.1, -0.05) is 17.4 Å². The van der Waals surface area contributed by atoms with Crippen LogP contribution >= 0.6 is 23.7 Å². The molecule has 19 heavy (non-hydrogen) atoms. The number of fused-ring (bicyclic) bond motifs is 1. The first-order chi connectivity index (χ1) is 8.72. The molecule has 2 N–H and O–H groups in total. The third-order valence-corrected chi connectivity index (χ3v) is 4.08. The maximum Gasteiger partial charge on any atom is 0.243 e. The molecule has 1 aromatic heterocycles. The lowest BCUT2D eigenvalue weighted by atomic mass is 10.2. The van der Waals surface area contributed by atoms with Gasteiger partial charge in [0.2, 0.25) is 5.91 Å². The number of amides is 1. The van der Waals surface area contributed by atoms with Gasteiger partial charge >= 0.3 is 0 Å². The minimum Gasteiger partial charge on any atom is -0.306 e. The van der Waals surface area contributed by atoms with E-state index in [1.165, 1.54) is 16.9 Å². The quantitative estimate of drug-likeness (QED) is 0.896. The van der Waals surface area contributed by atoms with Crippen molar-refractivity contribution in [3.63, 3.8) is 0 Å². The molecule has 2 heterocycles. The normalized spacial score (nSPS) is 18.3. The Morgan fingerprint density at radius 1 is 1.53 bits per heavy atom. The third kappa shape index (κ3) is 3.05. The molecule has 0 aliphatic carbocycles. The number of nitrogens with one attached hydrogen (secondary N) is 2. The van der Waals surface area contributed by atoms with Crippen LogP contribution in [0.2, 0.25) is 0 Å². The first-order valence-corrected chi connectivity index (χ1v) is 6.95. The van der Waals surface area contributed by atoms with Gasteiger partial charge in [0.05, 0.1) is 16.3 Å². The summed E-state index contributed by atoms with van der Waals surface area (Å²) in [4.78, 5) is 16.4. The molecule has 4 nitrogen and oxygen atoms in total. The van der Waals surface area contributed by atoms with Crippen molar-refractivity contribution in [2.75, 3.05) is 11.9 Å². The van der Waals surface area contributed by atoms with E-state index in [0.717, 1.165) is 29.6 Å². The van der Waals surface area contributed by atoms with Gasteiger partial charge in [0.15, 0.2) is 5.13 Å². The van der Waals surface area contributed by atoms with Gasteiger partial charge in [-0.15, -0.1) is 12.4 Å². The zero-order valence-corrected chi connectivity index (χ0v) is 12.2. The second-order valence-electron chi connectivity index (χ2n) is 4.63. The number of aromatic nitrogens is 1. The van der Waals surface area contributed by atoms with E-state index in [9.17, 15) is 4.79 Å². The Morgan fingerprint density at radius 3 is 3.11 bits per heavy atom.